The SMILES string of the molecule is CC(C)(C)OC(=O)OC(=O)[C@@H](O)CCCCN. The van der Waals surface area contributed by atoms with Gasteiger partial charge in [-0.25, -0.2) is 9.59 Å². The quantitative estimate of drug-likeness (QED) is 0.426. The lowest BCUT2D eigenvalue weighted by Gasteiger charge is -2.18. The molecule has 1 atom stereocenters. The fourth-order valence-corrected chi connectivity index (χ4v) is 1.02. The molecule has 0 aliphatic carbocycles. The van der Waals surface area contributed by atoms with Crippen LogP contribution in [0.5, 0.6) is 0 Å². The van der Waals surface area contributed by atoms with Crippen molar-refractivity contribution in [1.29, 1.82) is 0 Å². The first-order chi connectivity index (χ1) is 7.76. The lowest BCUT2D eigenvalue weighted by molar-refractivity contribution is -0.151. The number of unbranched alkanes of at least 4 members (excludes halogenated alkanes) is 1. The molecule has 0 heterocycles. The second-order valence-corrected chi connectivity index (χ2v) is 4.69. The molecule has 0 aliphatic rings. The molecule has 0 fully saturated rings. The van der Waals surface area contributed by atoms with Crippen molar-refractivity contribution in [2.75, 3.05) is 6.54 Å². The molecule has 0 spiro atoms. The van der Waals surface area contributed by atoms with Crippen LogP contribution in [0.2, 0.25) is 0 Å². The zero-order chi connectivity index (χ0) is 13.5. The lowest BCUT2D eigenvalue weighted by atomic mass is 10.1. The highest BCUT2D eigenvalue weighted by Gasteiger charge is 2.24. The van der Waals surface area contributed by atoms with E-state index in [1.165, 1.54) is 0 Å². The third-order valence-electron chi connectivity index (χ3n) is 1.78. The molecule has 0 rings (SSSR count). The van der Waals surface area contributed by atoms with E-state index in [0.29, 0.717) is 19.4 Å². The van der Waals surface area contributed by atoms with Gasteiger partial charge in [0.2, 0.25) is 0 Å². The zero-order valence-electron chi connectivity index (χ0n) is 10.6. The maximum atomic E-state index is 11.2. The summed E-state index contributed by atoms with van der Waals surface area (Å²) in [6.45, 7) is 5.44. The smallest absolute Gasteiger partial charge is 0.428 e. The molecule has 6 heteroatoms. The Balaban J connectivity index is 3.95. The maximum absolute atomic E-state index is 11.2. The summed E-state index contributed by atoms with van der Waals surface area (Å²) in [6, 6.07) is 0. The van der Waals surface area contributed by atoms with Gasteiger partial charge in [-0.05, 0) is 46.6 Å². The molecule has 6 nitrogen and oxygen atoms in total. The molecule has 0 aromatic rings. The van der Waals surface area contributed by atoms with Gasteiger partial charge in [0, 0.05) is 0 Å². The number of nitrogens with two attached hydrogens (primary N) is 1. The zero-order valence-corrected chi connectivity index (χ0v) is 10.6. The molecule has 3 N–H and O–H groups in total. The summed E-state index contributed by atoms with van der Waals surface area (Å²) in [7, 11) is 0. The molecule has 0 aliphatic heterocycles. The third kappa shape index (κ3) is 8.65. The summed E-state index contributed by atoms with van der Waals surface area (Å²) in [4.78, 5) is 22.3. The Labute approximate surface area is 101 Å². The molecule has 100 valence electrons. The lowest BCUT2D eigenvalue weighted by Crippen LogP contribution is -2.30. The average molecular weight is 247 g/mol. The Morgan fingerprint density at radius 3 is 2.35 bits per heavy atom. The molecule has 0 radical (unpaired) electrons. The van der Waals surface area contributed by atoms with Gasteiger partial charge in [0.05, 0.1) is 0 Å². The van der Waals surface area contributed by atoms with Crippen molar-refractivity contribution in [2.45, 2.75) is 51.7 Å². The molecular weight excluding hydrogens is 226 g/mol. The van der Waals surface area contributed by atoms with Crippen LogP contribution >= 0.6 is 0 Å². The molecule has 17 heavy (non-hydrogen) atoms. The number of carbonyl (C=O) groups is 2. The Morgan fingerprint density at radius 1 is 1.29 bits per heavy atom. The normalized spacial score (nSPS) is 13.0. The van der Waals surface area contributed by atoms with Gasteiger partial charge in [-0.2, -0.15) is 0 Å². The molecular formula is C11H21NO5. The highest BCUT2D eigenvalue weighted by molar-refractivity contribution is 5.84. The van der Waals surface area contributed by atoms with Gasteiger partial charge in [0.1, 0.15) is 5.60 Å². The first-order valence-electron chi connectivity index (χ1n) is 5.59. The van der Waals surface area contributed by atoms with Crippen LogP contribution in [0.4, 0.5) is 4.79 Å². The van der Waals surface area contributed by atoms with Crippen molar-refractivity contribution in [3.63, 3.8) is 0 Å². The van der Waals surface area contributed by atoms with E-state index in [1.54, 1.807) is 20.8 Å². The number of esters is 1. The van der Waals surface area contributed by atoms with Crippen LogP contribution in [-0.2, 0) is 14.3 Å². The van der Waals surface area contributed by atoms with E-state index >= 15 is 0 Å². The van der Waals surface area contributed by atoms with Crippen molar-refractivity contribution in [3.8, 4) is 0 Å². The first kappa shape index (κ1) is 15.9. The van der Waals surface area contributed by atoms with Gasteiger partial charge in [-0.3, -0.25) is 0 Å². The highest BCUT2D eigenvalue weighted by Crippen LogP contribution is 2.09. The molecule has 0 aromatic heterocycles. The summed E-state index contributed by atoms with van der Waals surface area (Å²) in [5.41, 5.74) is 4.53. The minimum Gasteiger partial charge on any atom is -0.428 e. The van der Waals surface area contributed by atoms with Crippen LogP contribution < -0.4 is 5.73 Å². The van der Waals surface area contributed by atoms with Gasteiger partial charge in [-0.1, -0.05) is 0 Å². The fraction of sp³-hybridized carbons (Fsp3) is 0.818. The topological polar surface area (TPSA) is 98.8 Å². The van der Waals surface area contributed by atoms with Crippen LogP contribution in [-0.4, -0.2) is 35.5 Å². The van der Waals surface area contributed by atoms with Crippen molar-refractivity contribution >= 4 is 12.1 Å². The second kappa shape index (κ2) is 7.24. The van der Waals surface area contributed by atoms with Crippen molar-refractivity contribution in [1.82, 2.24) is 0 Å². The first-order valence-corrected chi connectivity index (χ1v) is 5.59. The Bertz CT molecular complexity index is 259. The van der Waals surface area contributed by atoms with Crippen LogP contribution in [0, 0.1) is 0 Å². The van der Waals surface area contributed by atoms with E-state index in [2.05, 4.69) is 4.74 Å². The summed E-state index contributed by atoms with van der Waals surface area (Å²) >= 11 is 0. The van der Waals surface area contributed by atoms with Gasteiger partial charge in [-0.15, -0.1) is 0 Å². The van der Waals surface area contributed by atoms with E-state index in [1.807, 2.05) is 0 Å². The van der Waals surface area contributed by atoms with Crippen LogP contribution in [0.15, 0.2) is 0 Å². The van der Waals surface area contributed by atoms with Crippen LogP contribution in [0.1, 0.15) is 40.0 Å². The van der Waals surface area contributed by atoms with Gasteiger partial charge in [0.15, 0.2) is 6.10 Å². The summed E-state index contributed by atoms with van der Waals surface area (Å²) in [5.74, 6) is -0.990. The number of hydrogen-bond acceptors (Lipinski definition) is 6. The monoisotopic (exact) mass is 247 g/mol. The van der Waals surface area contributed by atoms with Crippen LogP contribution in [0.25, 0.3) is 0 Å². The largest absolute Gasteiger partial charge is 0.516 e. The van der Waals surface area contributed by atoms with Gasteiger partial charge < -0.3 is 20.3 Å². The third-order valence-corrected chi connectivity index (χ3v) is 1.78. The van der Waals surface area contributed by atoms with Gasteiger partial charge in [0.25, 0.3) is 0 Å². The number of aliphatic hydroxyl groups is 1. The van der Waals surface area contributed by atoms with Gasteiger partial charge >= 0.3 is 12.1 Å². The number of rotatable bonds is 5. The number of aliphatic hydroxyl groups excluding tert-OH is 1. The second-order valence-electron chi connectivity index (χ2n) is 4.69. The van der Waals surface area contributed by atoms with Crippen molar-refractivity contribution < 1.29 is 24.2 Å². The number of carbonyl (C=O) groups excluding carboxylic acids is 2. The van der Waals surface area contributed by atoms with E-state index in [4.69, 9.17) is 10.5 Å². The predicted molar refractivity (Wildman–Crippen MR) is 61.2 cm³/mol. The molecule has 0 saturated carbocycles. The van der Waals surface area contributed by atoms with E-state index in [9.17, 15) is 14.7 Å². The summed E-state index contributed by atoms with van der Waals surface area (Å²) in [6.07, 6.45) is -0.883. The van der Waals surface area contributed by atoms with E-state index in [0.717, 1.165) is 0 Å². The molecule has 0 amide bonds. The average Bonchev–Trinajstić information content (AvgIpc) is 2.14. The fourth-order valence-electron chi connectivity index (χ4n) is 1.02. The van der Waals surface area contributed by atoms with Crippen LogP contribution in [0.3, 0.4) is 0 Å². The Kier molecular flexibility index (Phi) is 6.75. The van der Waals surface area contributed by atoms with E-state index in [-0.39, 0.29) is 6.42 Å². The number of hydrogen-bond donors (Lipinski definition) is 2. The molecule has 0 bridgehead atoms. The molecule has 0 aromatic carbocycles. The molecule has 0 saturated heterocycles. The number of ether oxygens (including phenoxy) is 2. The predicted octanol–water partition coefficient (Wildman–Crippen LogP) is 0.955. The minimum absolute atomic E-state index is 0.221. The standard InChI is InChI=1S/C11H21NO5/c1-11(2,3)17-10(15)16-9(14)8(13)6-4-5-7-12/h8,13H,4-7,12H2,1-3H3/t8-/m0/s1. The minimum atomic E-state index is -1.31. The Morgan fingerprint density at radius 2 is 1.88 bits per heavy atom. The summed E-state index contributed by atoms with van der Waals surface area (Å²) in [5, 5.41) is 9.37. The van der Waals surface area contributed by atoms with Crippen molar-refractivity contribution in [2.24, 2.45) is 5.73 Å². The Hall–Kier alpha value is -1.14. The highest BCUT2D eigenvalue weighted by atomic mass is 16.8. The summed E-state index contributed by atoms with van der Waals surface area (Å²) < 4.78 is 9.11. The van der Waals surface area contributed by atoms with Crippen molar-refractivity contribution in [3.05, 3.63) is 0 Å². The van der Waals surface area contributed by atoms with E-state index < -0.39 is 23.8 Å². The maximum Gasteiger partial charge on any atom is 0.516 e. The molecule has 0 unspecified atom stereocenters.